The van der Waals surface area contributed by atoms with Gasteiger partial charge in [-0.15, -0.1) is 0 Å². The van der Waals surface area contributed by atoms with Crippen LogP contribution in [0.25, 0.3) is 11.1 Å². The Morgan fingerprint density at radius 1 is 1.24 bits per heavy atom. The van der Waals surface area contributed by atoms with Crippen LogP contribution in [0.1, 0.15) is 5.56 Å². The summed E-state index contributed by atoms with van der Waals surface area (Å²) in [6.45, 7) is 0.502. The molecule has 0 saturated heterocycles. The Labute approximate surface area is 128 Å². The maximum Gasteiger partial charge on any atom is 0.298 e. The van der Waals surface area contributed by atoms with Gasteiger partial charge in [0.05, 0.1) is 4.92 Å². The molecule has 0 amide bonds. The van der Waals surface area contributed by atoms with Crippen molar-refractivity contribution in [2.45, 2.75) is 6.54 Å². The predicted molar refractivity (Wildman–Crippen MR) is 82.1 cm³/mol. The van der Waals surface area contributed by atoms with Crippen LogP contribution in [0, 0.1) is 10.1 Å². The minimum atomic E-state index is -0.470. The Bertz CT molecular complexity index is 816. The molecule has 0 aliphatic carbocycles. The molecular formula is C14H10BrN3O3. The second-order valence-electron chi connectivity index (χ2n) is 4.34. The zero-order valence-electron chi connectivity index (χ0n) is 10.7. The lowest BCUT2D eigenvalue weighted by Crippen LogP contribution is -2.00. The number of halogens is 1. The fraction of sp³-hybridized carbons (Fsp3) is 0.0714. The molecule has 2 aromatic carbocycles. The number of aromatic nitrogens is 1. The van der Waals surface area contributed by atoms with E-state index in [1.807, 2.05) is 24.3 Å². The first kappa shape index (κ1) is 13.6. The Morgan fingerprint density at radius 2 is 2.05 bits per heavy atom. The number of fused-ring (bicyclic) bond motifs is 1. The van der Waals surface area contributed by atoms with Gasteiger partial charge in [0, 0.05) is 17.1 Å². The molecule has 0 saturated carbocycles. The van der Waals surface area contributed by atoms with Crippen LogP contribution in [-0.4, -0.2) is 9.91 Å². The van der Waals surface area contributed by atoms with E-state index < -0.39 is 4.92 Å². The lowest BCUT2D eigenvalue weighted by atomic mass is 10.2. The fourth-order valence-electron chi connectivity index (χ4n) is 1.97. The Hall–Kier alpha value is -2.41. The first-order valence-electron chi connectivity index (χ1n) is 6.16. The molecule has 0 atom stereocenters. The van der Waals surface area contributed by atoms with E-state index in [0.29, 0.717) is 12.1 Å². The Balaban J connectivity index is 1.87. The topological polar surface area (TPSA) is 81.2 Å². The molecule has 0 bridgehead atoms. The normalized spacial score (nSPS) is 10.7. The highest BCUT2D eigenvalue weighted by Gasteiger charge is 2.17. The van der Waals surface area contributed by atoms with Crippen LogP contribution in [0.15, 0.2) is 51.4 Å². The van der Waals surface area contributed by atoms with Crippen LogP contribution < -0.4 is 5.32 Å². The predicted octanol–water partition coefficient (Wildman–Crippen LogP) is 4.11. The lowest BCUT2D eigenvalue weighted by Gasteiger charge is -2.03. The highest BCUT2D eigenvalue weighted by molar-refractivity contribution is 9.10. The molecule has 0 aliphatic rings. The van der Waals surface area contributed by atoms with E-state index in [1.54, 1.807) is 12.1 Å². The highest BCUT2D eigenvalue weighted by atomic mass is 79.9. The quantitative estimate of drug-likeness (QED) is 0.567. The zero-order chi connectivity index (χ0) is 14.8. The number of nitro groups is 1. The number of rotatable bonds is 4. The molecule has 3 aromatic rings. The second-order valence-corrected chi connectivity index (χ2v) is 5.20. The third kappa shape index (κ3) is 2.73. The highest BCUT2D eigenvalue weighted by Crippen LogP contribution is 2.27. The van der Waals surface area contributed by atoms with Crippen LogP contribution in [0.2, 0.25) is 0 Å². The first-order valence-corrected chi connectivity index (χ1v) is 6.95. The van der Waals surface area contributed by atoms with Crippen LogP contribution in [0.5, 0.6) is 0 Å². The molecule has 0 fully saturated rings. The number of nitrogens with one attached hydrogen (secondary N) is 1. The largest absolute Gasteiger partial charge is 0.423 e. The summed E-state index contributed by atoms with van der Waals surface area (Å²) in [4.78, 5) is 14.6. The van der Waals surface area contributed by atoms with Crippen molar-refractivity contribution >= 4 is 38.7 Å². The first-order chi connectivity index (χ1) is 10.1. The number of non-ortho nitro benzene ring substituents is 1. The van der Waals surface area contributed by atoms with E-state index in [4.69, 9.17) is 4.42 Å². The Morgan fingerprint density at radius 3 is 2.81 bits per heavy atom. The van der Waals surface area contributed by atoms with Crippen molar-refractivity contribution in [3.05, 3.63) is 62.6 Å². The summed E-state index contributed by atoms with van der Waals surface area (Å²) >= 11 is 3.45. The minimum absolute atomic E-state index is 0.0646. The molecule has 0 spiro atoms. The van der Waals surface area contributed by atoms with Crippen molar-refractivity contribution in [3.8, 4) is 0 Å². The molecule has 3 rings (SSSR count). The summed E-state index contributed by atoms with van der Waals surface area (Å²) < 4.78 is 6.45. The van der Waals surface area contributed by atoms with Crippen molar-refractivity contribution in [2.75, 3.05) is 5.32 Å². The van der Waals surface area contributed by atoms with E-state index in [-0.39, 0.29) is 17.2 Å². The van der Waals surface area contributed by atoms with Gasteiger partial charge in [-0.2, -0.15) is 4.98 Å². The van der Waals surface area contributed by atoms with Crippen molar-refractivity contribution in [1.29, 1.82) is 0 Å². The average molecular weight is 348 g/mol. The number of nitro benzene ring substituents is 1. The van der Waals surface area contributed by atoms with E-state index in [0.717, 1.165) is 10.0 Å². The third-order valence-corrected chi connectivity index (χ3v) is 3.76. The van der Waals surface area contributed by atoms with E-state index in [2.05, 4.69) is 26.2 Å². The fourth-order valence-corrected chi connectivity index (χ4v) is 2.39. The van der Waals surface area contributed by atoms with Gasteiger partial charge in [0.25, 0.3) is 11.7 Å². The van der Waals surface area contributed by atoms with Crippen molar-refractivity contribution < 1.29 is 9.34 Å². The van der Waals surface area contributed by atoms with Gasteiger partial charge >= 0.3 is 0 Å². The SMILES string of the molecule is O=[N+]([O-])c1cccc2oc(NCc3ccccc3Br)nc12. The number of nitrogens with zero attached hydrogens (tertiary/aromatic N) is 2. The minimum Gasteiger partial charge on any atom is -0.423 e. The molecule has 1 heterocycles. The summed E-state index contributed by atoms with van der Waals surface area (Å²) in [5.74, 6) is 0. The van der Waals surface area contributed by atoms with Crippen molar-refractivity contribution in [1.82, 2.24) is 4.98 Å². The molecule has 106 valence electrons. The van der Waals surface area contributed by atoms with Crippen LogP contribution >= 0.6 is 15.9 Å². The van der Waals surface area contributed by atoms with Gasteiger partial charge in [-0.1, -0.05) is 40.2 Å². The van der Waals surface area contributed by atoms with Crippen LogP contribution in [-0.2, 0) is 6.54 Å². The molecular weight excluding hydrogens is 338 g/mol. The van der Waals surface area contributed by atoms with Crippen LogP contribution in [0.3, 0.4) is 0 Å². The molecule has 21 heavy (non-hydrogen) atoms. The van der Waals surface area contributed by atoms with Gasteiger partial charge in [-0.05, 0) is 17.7 Å². The average Bonchev–Trinajstić information content (AvgIpc) is 2.88. The van der Waals surface area contributed by atoms with Gasteiger partial charge < -0.3 is 9.73 Å². The maximum absolute atomic E-state index is 10.9. The standard InChI is InChI=1S/C14H10BrN3O3/c15-10-5-2-1-4-9(10)8-16-14-17-13-11(18(19)20)6-3-7-12(13)21-14/h1-7H,8H2,(H,16,17). The number of benzene rings is 2. The van der Waals surface area contributed by atoms with Crippen molar-refractivity contribution in [2.24, 2.45) is 0 Å². The van der Waals surface area contributed by atoms with E-state index >= 15 is 0 Å². The smallest absolute Gasteiger partial charge is 0.298 e. The molecule has 1 aromatic heterocycles. The summed E-state index contributed by atoms with van der Waals surface area (Å²) in [5.41, 5.74) is 1.61. The molecule has 0 radical (unpaired) electrons. The molecule has 7 heteroatoms. The number of anilines is 1. The number of hydrogen-bond donors (Lipinski definition) is 1. The lowest BCUT2D eigenvalue weighted by molar-refractivity contribution is -0.383. The molecule has 0 aliphatic heterocycles. The summed E-state index contributed by atoms with van der Waals surface area (Å²) in [5, 5.41) is 14.0. The van der Waals surface area contributed by atoms with Gasteiger partial charge in [0.2, 0.25) is 0 Å². The van der Waals surface area contributed by atoms with E-state index in [1.165, 1.54) is 6.07 Å². The number of para-hydroxylation sites is 1. The van der Waals surface area contributed by atoms with Gasteiger partial charge in [0.1, 0.15) is 0 Å². The number of hydrogen-bond acceptors (Lipinski definition) is 5. The zero-order valence-corrected chi connectivity index (χ0v) is 12.3. The number of oxazole rings is 1. The summed E-state index contributed by atoms with van der Waals surface area (Å²) in [7, 11) is 0. The molecule has 0 unspecified atom stereocenters. The van der Waals surface area contributed by atoms with Gasteiger partial charge in [0.15, 0.2) is 11.1 Å². The second kappa shape index (κ2) is 5.53. The van der Waals surface area contributed by atoms with Gasteiger partial charge in [-0.3, -0.25) is 10.1 Å². The summed E-state index contributed by atoms with van der Waals surface area (Å²) in [6.07, 6.45) is 0. The summed E-state index contributed by atoms with van der Waals surface area (Å²) in [6, 6.07) is 12.6. The van der Waals surface area contributed by atoms with Crippen molar-refractivity contribution in [3.63, 3.8) is 0 Å². The van der Waals surface area contributed by atoms with Gasteiger partial charge in [-0.25, -0.2) is 0 Å². The monoisotopic (exact) mass is 347 g/mol. The van der Waals surface area contributed by atoms with E-state index in [9.17, 15) is 10.1 Å². The maximum atomic E-state index is 10.9. The Kier molecular flexibility index (Phi) is 3.57. The molecule has 6 nitrogen and oxygen atoms in total. The third-order valence-electron chi connectivity index (χ3n) is 2.98. The van der Waals surface area contributed by atoms with Crippen LogP contribution in [0.4, 0.5) is 11.7 Å². The molecule has 1 N–H and O–H groups in total.